The van der Waals surface area contributed by atoms with Gasteiger partial charge in [0.15, 0.2) is 0 Å². The van der Waals surface area contributed by atoms with Crippen LogP contribution in [0.4, 0.5) is 11.4 Å². The van der Waals surface area contributed by atoms with Crippen molar-refractivity contribution in [1.82, 2.24) is 0 Å². The molecule has 27 heavy (non-hydrogen) atoms. The lowest BCUT2D eigenvalue weighted by Gasteiger charge is -2.29. The van der Waals surface area contributed by atoms with Crippen molar-refractivity contribution in [2.75, 3.05) is 24.7 Å². The van der Waals surface area contributed by atoms with E-state index in [-0.39, 0.29) is 25.3 Å². The summed E-state index contributed by atoms with van der Waals surface area (Å²) in [5.41, 5.74) is 24.4. The molecule has 0 bridgehead atoms. The molecule has 2 rings (SSSR count). The maximum absolute atomic E-state index is 6.07. The van der Waals surface area contributed by atoms with Crippen LogP contribution in [0.2, 0.25) is 0 Å². The van der Waals surface area contributed by atoms with Crippen LogP contribution in [0.15, 0.2) is 48.5 Å². The van der Waals surface area contributed by atoms with Gasteiger partial charge in [0.2, 0.25) is 0 Å². The molecule has 0 heterocycles. The molecule has 0 aliphatic rings. The smallest absolute Gasteiger partial charge is 0.471 e. The number of nitrogen functional groups attached to an aromatic ring is 2. The largest absolute Gasteiger partial charge is 0.820 e. The third-order valence-electron chi connectivity index (χ3n) is 3.29. The predicted molar refractivity (Wildman–Crippen MR) is 108 cm³/mol. The lowest BCUT2D eigenvalue weighted by atomic mass is 10.3. The molecule has 0 saturated heterocycles. The molecule has 0 radical (unpaired) electrons. The predicted octanol–water partition coefficient (Wildman–Crippen LogP) is 1.47. The van der Waals surface area contributed by atoms with Crippen molar-refractivity contribution in [1.29, 1.82) is 0 Å². The molecule has 8 nitrogen and oxygen atoms in total. The highest BCUT2D eigenvalue weighted by Crippen LogP contribution is 2.24. The van der Waals surface area contributed by atoms with E-state index < -0.39 is 9.05 Å². The second-order valence-electron chi connectivity index (χ2n) is 6.42. The molecule has 2 atom stereocenters. The first-order chi connectivity index (χ1) is 12.8. The van der Waals surface area contributed by atoms with Crippen molar-refractivity contribution in [3.8, 4) is 11.5 Å². The van der Waals surface area contributed by atoms with Gasteiger partial charge in [-0.3, -0.25) is 0 Å². The van der Waals surface area contributed by atoms with Gasteiger partial charge in [0.05, 0.1) is 13.2 Å². The fourth-order valence-corrected chi connectivity index (χ4v) is 4.15. The summed E-state index contributed by atoms with van der Waals surface area (Å²) in [4.78, 5) is 0. The summed E-state index contributed by atoms with van der Waals surface area (Å²) in [5.74, 6) is 1.00. The van der Waals surface area contributed by atoms with Crippen LogP contribution in [-0.2, 0) is 8.85 Å². The summed E-state index contributed by atoms with van der Waals surface area (Å²) >= 11 is 0. The van der Waals surface area contributed by atoms with E-state index in [0.29, 0.717) is 22.9 Å². The van der Waals surface area contributed by atoms with Crippen molar-refractivity contribution in [3.63, 3.8) is 0 Å². The Morgan fingerprint density at radius 2 is 1.04 bits per heavy atom. The van der Waals surface area contributed by atoms with Crippen LogP contribution in [0.3, 0.4) is 0 Å². The Morgan fingerprint density at radius 3 is 1.33 bits per heavy atom. The molecule has 2 unspecified atom stereocenters. The summed E-state index contributed by atoms with van der Waals surface area (Å²) in [5, 5.41) is 0. The number of benzene rings is 2. The topological polar surface area (TPSA) is 141 Å². The fraction of sp³-hybridized carbons (Fsp3) is 0.333. The molecule has 2 aromatic rings. The van der Waals surface area contributed by atoms with Crippen LogP contribution < -0.4 is 31.8 Å². The van der Waals surface area contributed by atoms with Gasteiger partial charge in [0.25, 0.3) is 0 Å². The van der Waals surface area contributed by atoms with Crippen molar-refractivity contribution in [2.45, 2.75) is 25.9 Å². The van der Waals surface area contributed by atoms with Gasteiger partial charge in [0, 0.05) is 23.5 Å². The number of nitrogens with two attached hydrogens (primary N) is 4. The zero-order chi connectivity index (χ0) is 19.9. The molecule has 0 saturated carbocycles. The van der Waals surface area contributed by atoms with Gasteiger partial charge < -0.3 is 40.6 Å². The first kappa shape index (κ1) is 21.0. The van der Waals surface area contributed by atoms with E-state index in [1.54, 1.807) is 48.5 Å². The summed E-state index contributed by atoms with van der Waals surface area (Å²) in [6.07, 6.45) is 0. The van der Waals surface area contributed by atoms with E-state index in [0.717, 1.165) is 0 Å². The third-order valence-corrected chi connectivity index (χ3v) is 5.30. The van der Waals surface area contributed by atoms with Gasteiger partial charge in [0.1, 0.15) is 11.5 Å². The summed E-state index contributed by atoms with van der Waals surface area (Å²) < 4.78 is 24.0. The number of hydrogen-bond donors (Lipinski definition) is 4. The van der Waals surface area contributed by atoms with E-state index >= 15 is 0 Å². The van der Waals surface area contributed by atoms with Gasteiger partial charge in [-0.15, -0.1) is 0 Å². The minimum Gasteiger partial charge on any atom is -0.471 e. The molecule has 0 amide bonds. The molecule has 0 spiro atoms. The summed E-state index contributed by atoms with van der Waals surface area (Å²) in [7, 11) is -3.68. The van der Waals surface area contributed by atoms with E-state index in [1.807, 2.05) is 13.8 Å². The number of rotatable bonds is 10. The first-order valence-corrected chi connectivity index (χ1v) is 10.3. The second-order valence-corrected chi connectivity index (χ2v) is 8.40. The minimum atomic E-state index is -3.68. The average molecular weight is 393 g/mol. The van der Waals surface area contributed by atoms with E-state index in [1.165, 1.54) is 0 Å². The number of anilines is 2. The molecule has 148 valence electrons. The van der Waals surface area contributed by atoms with E-state index in [4.69, 9.17) is 40.6 Å². The molecule has 0 aromatic heterocycles. The molecule has 9 heteroatoms. The average Bonchev–Trinajstić information content (AvgIpc) is 2.62. The van der Waals surface area contributed by atoms with E-state index in [2.05, 4.69) is 0 Å². The van der Waals surface area contributed by atoms with Crippen molar-refractivity contribution in [3.05, 3.63) is 48.5 Å². The number of hydrogen-bond acceptors (Lipinski definition) is 8. The second kappa shape index (κ2) is 9.58. The van der Waals surface area contributed by atoms with Crippen molar-refractivity contribution < 1.29 is 17.7 Å². The Bertz CT molecular complexity index is 634. The monoisotopic (exact) mass is 392 g/mol. The van der Waals surface area contributed by atoms with E-state index in [9.17, 15) is 0 Å². The van der Waals surface area contributed by atoms with Crippen molar-refractivity contribution >= 4 is 20.4 Å². The molecule has 0 fully saturated rings. The van der Waals surface area contributed by atoms with Crippen LogP contribution in [-0.4, -0.2) is 34.3 Å². The summed E-state index contributed by atoms with van der Waals surface area (Å²) in [6, 6.07) is 13.3. The molecular weight excluding hydrogens is 364 g/mol. The zero-order valence-electron chi connectivity index (χ0n) is 15.6. The highest BCUT2D eigenvalue weighted by Gasteiger charge is 2.52. The Balaban J connectivity index is 2.32. The highest BCUT2D eigenvalue weighted by atomic mass is 28.4. The molecule has 2 aromatic carbocycles. The van der Waals surface area contributed by atoms with Crippen LogP contribution in [0.25, 0.3) is 0 Å². The lowest BCUT2D eigenvalue weighted by Crippen LogP contribution is -2.57. The SMILES string of the molecule is CC(N)CO[Si](OCC(C)N)(Oc1ccc(N)cc1)Oc1ccc(N)cc1. The van der Waals surface area contributed by atoms with Crippen molar-refractivity contribution in [2.24, 2.45) is 11.5 Å². The molecule has 0 aliphatic heterocycles. The Labute approximate surface area is 160 Å². The fourth-order valence-electron chi connectivity index (χ4n) is 2.01. The standard InChI is InChI=1S/C18H28N4O4Si/c1-13(19)11-23-27(24-12-14(2)20,25-17-7-3-15(21)4-8-17)26-18-9-5-16(22)6-10-18/h3-10,13-14H,11-12,19-22H2,1-2H3. The molecule has 0 aliphatic carbocycles. The van der Waals surface area contributed by atoms with Gasteiger partial charge in [-0.2, -0.15) is 0 Å². The first-order valence-electron chi connectivity index (χ1n) is 8.66. The van der Waals surface area contributed by atoms with Crippen LogP contribution in [0, 0.1) is 0 Å². The van der Waals surface area contributed by atoms with Gasteiger partial charge >= 0.3 is 9.05 Å². The highest BCUT2D eigenvalue weighted by molar-refractivity contribution is 6.55. The summed E-state index contributed by atoms with van der Waals surface area (Å²) in [6.45, 7) is 4.01. The molecular formula is C18H28N4O4Si. The van der Waals surface area contributed by atoms with Crippen LogP contribution in [0.5, 0.6) is 11.5 Å². The third kappa shape index (κ3) is 7.08. The maximum Gasteiger partial charge on any atom is 0.820 e. The Kier molecular flexibility index (Phi) is 7.45. The Hall–Kier alpha value is -2.30. The van der Waals surface area contributed by atoms with Gasteiger partial charge in [-0.1, -0.05) is 0 Å². The lowest BCUT2D eigenvalue weighted by molar-refractivity contribution is 0.0350. The maximum atomic E-state index is 6.07. The quantitative estimate of drug-likeness (QED) is 0.352. The van der Waals surface area contributed by atoms with Crippen LogP contribution in [0.1, 0.15) is 13.8 Å². The zero-order valence-corrected chi connectivity index (χ0v) is 16.6. The van der Waals surface area contributed by atoms with Gasteiger partial charge in [-0.05, 0) is 62.4 Å². The normalized spacial score (nSPS) is 13.8. The minimum absolute atomic E-state index is 0.190. The van der Waals surface area contributed by atoms with Gasteiger partial charge in [-0.25, -0.2) is 0 Å². The van der Waals surface area contributed by atoms with Crippen LogP contribution >= 0.6 is 0 Å². The Morgan fingerprint density at radius 1 is 0.704 bits per heavy atom. The molecule has 8 N–H and O–H groups in total.